The number of amides is 2. The Bertz CT molecular complexity index is 406. The van der Waals surface area contributed by atoms with Gasteiger partial charge in [0.25, 0.3) is 11.8 Å². The molecule has 0 spiro atoms. The lowest BCUT2D eigenvalue weighted by atomic mass is 10.1. The third-order valence-electron chi connectivity index (χ3n) is 2.67. The predicted molar refractivity (Wildman–Crippen MR) is 68.7 cm³/mol. The number of nitrogens with one attached hydrogen (secondary N) is 2. The van der Waals surface area contributed by atoms with Crippen molar-refractivity contribution in [2.75, 3.05) is 28.2 Å². The van der Waals surface area contributed by atoms with Crippen LogP contribution in [0.3, 0.4) is 0 Å². The monoisotopic (exact) mass is 250 g/mol. The fraction of sp³-hybridized carbons (Fsp3) is 0.333. The minimum Gasteiger partial charge on any atom is -0.277 e. The molecule has 0 unspecified atom stereocenters. The summed E-state index contributed by atoms with van der Waals surface area (Å²) in [5.41, 5.74) is 6.16. The van der Waals surface area contributed by atoms with Crippen LogP contribution < -0.4 is 10.9 Å². The molecular weight excluding hydrogens is 232 g/mol. The van der Waals surface area contributed by atoms with Crippen molar-refractivity contribution in [1.29, 1.82) is 0 Å². The van der Waals surface area contributed by atoms with Gasteiger partial charge in [0.1, 0.15) is 0 Å². The highest BCUT2D eigenvalue weighted by Crippen LogP contribution is 2.12. The molecule has 2 amide bonds. The number of rotatable bonds is 4. The van der Waals surface area contributed by atoms with Crippen molar-refractivity contribution < 1.29 is 9.59 Å². The first kappa shape index (κ1) is 14.1. The summed E-state index contributed by atoms with van der Waals surface area (Å²) in [7, 11) is 6.49. The van der Waals surface area contributed by atoms with Crippen LogP contribution in [0, 0.1) is 0 Å². The van der Waals surface area contributed by atoms with Gasteiger partial charge in [0.15, 0.2) is 0 Å². The van der Waals surface area contributed by atoms with E-state index in [4.69, 9.17) is 0 Å². The average Bonchev–Trinajstić information content (AvgIpc) is 2.43. The Hall–Kier alpha value is -1.92. The van der Waals surface area contributed by atoms with E-state index < -0.39 is 0 Å². The van der Waals surface area contributed by atoms with Gasteiger partial charge in [0.2, 0.25) is 0 Å². The molecule has 0 bridgehead atoms. The Morgan fingerprint density at radius 3 is 1.50 bits per heavy atom. The highest BCUT2D eigenvalue weighted by molar-refractivity contribution is 6.06. The van der Waals surface area contributed by atoms with Crippen molar-refractivity contribution in [3.63, 3.8) is 0 Å². The first-order valence-electron chi connectivity index (χ1n) is 5.52. The molecule has 18 heavy (non-hydrogen) atoms. The Morgan fingerprint density at radius 1 is 0.889 bits per heavy atom. The number of hydrazine groups is 2. The van der Waals surface area contributed by atoms with Crippen LogP contribution in [0.25, 0.3) is 0 Å². The highest BCUT2D eigenvalue weighted by atomic mass is 16.2. The quantitative estimate of drug-likeness (QED) is 0.744. The minimum atomic E-state index is -0.258. The summed E-state index contributed by atoms with van der Waals surface area (Å²) in [5, 5.41) is 2.65. The van der Waals surface area contributed by atoms with E-state index in [-0.39, 0.29) is 11.8 Å². The molecule has 0 saturated heterocycles. The van der Waals surface area contributed by atoms with Gasteiger partial charge in [-0.25, -0.2) is 10.9 Å². The van der Waals surface area contributed by atoms with Gasteiger partial charge in [-0.2, -0.15) is 0 Å². The molecule has 0 saturated carbocycles. The summed E-state index contributed by atoms with van der Waals surface area (Å²) in [6.07, 6.45) is 0. The lowest BCUT2D eigenvalue weighted by Crippen LogP contribution is -2.40. The maximum absolute atomic E-state index is 12.1. The third kappa shape index (κ3) is 2.85. The second kappa shape index (κ2) is 6.13. The fourth-order valence-electron chi connectivity index (χ4n) is 1.42. The molecule has 6 nitrogen and oxygen atoms in total. The summed E-state index contributed by atoms with van der Waals surface area (Å²) < 4.78 is 0. The lowest BCUT2D eigenvalue weighted by Gasteiger charge is -2.20. The largest absolute Gasteiger partial charge is 0.277 e. The molecule has 0 aliphatic carbocycles. The molecule has 0 aliphatic heterocycles. The van der Waals surface area contributed by atoms with Crippen molar-refractivity contribution in [3.05, 3.63) is 35.4 Å². The fourth-order valence-corrected chi connectivity index (χ4v) is 1.42. The molecule has 98 valence electrons. The average molecular weight is 250 g/mol. The van der Waals surface area contributed by atoms with E-state index in [2.05, 4.69) is 10.9 Å². The summed E-state index contributed by atoms with van der Waals surface area (Å²) in [6, 6.07) is 6.72. The lowest BCUT2D eigenvalue weighted by molar-refractivity contribution is 0.0696. The van der Waals surface area contributed by atoms with E-state index in [1.165, 1.54) is 10.0 Å². The molecule has 0 aromatic heterocycles. The van der Waals surface area contributed by atoms with Gasteiger partial charge in [-0.15, -0.1) is 0 Å². The van der Waals surface area contributed by atoms with E-state index in [9.17, 15) is 9.59 Å². The molecule has 0 fully saturated rings. The Labute approximate surface area is 107 Å². The van der Waals surface area contributed by atoms with Crippen molar-refractivity contribution in [1.82, 2.24) is 20.9 Å². The van der Waals surface area contributed by atoms with Crippen LogP contribution in [0.5, 0.6) is 0 Å². The molecule has 2 N–H and O–H groups in total. The van der Waals surface area contributed by atoms with Crippen LogP contribution in [0.1, 0.15) is 20.7 Å². The van der Waals surface area contributed by atoms with Gasteiger partial charge < -0.3 is 0 Å². The van der Waals surface area contributed by atoms with Crippen LogP contribution in [-0.2, 0) is 0 Å². The molecular formula is C12H18N4O2. The van der Waals surface area contributed by atoms with Crippen molar-refractivity contribution >= 4 is 11.8 Å². The zero-order valence-corrected chi connectivity index (χ0v) is 11.0. The van der Waals surface area contributed by atoms with Gasteiger partial charge >= 0.3 is 0 Å². The molecule has 0 heterocycles. The Kier molecular flexibility index (Phi) is 4.82. The molecule has 1 aromatic rings. The summed E-state index contributed by atoms with van der Waals surface area (Å²) in [6.45, 7) is 0. The van der Waals surface area contributed by atoms with Gasteiger partial charge in [-0.1, -0.05) is 12.1 Å². The first-order chi connectivity index (χ1) is 8.52. The number of hydrogen-bond donors (Lipinski definition) is 2. The SMILES string of the molecule is CNN(C)C(=O)c1ccccc1C(=O)N(C)NC. The zero-order chi connectivity index (χ0) is 13.7. The first-order valence-corrected chi connectivity index (χ1v) is 5.52. The van der Waals surface area contributed by atoms with E-state index >= 15 is 0 Å². The third-order valence-corrected chi connectivity index (χ3v) is 2.67. The van der Waals surface area contributed by atoms with Crippen LogP contribution >= 0.6 is 0 Å². The van der Waals surface area contributed by atoms with Crippen molar-refractivity contribution in [2.24, 2.45) is 0 Å². The normalized spacial score (nSPS) is 10.0. The number of benzene rings is 1. The van der Waals surface area contributed by atoms with E-state index in [0.717, 1.165) is 0 Å². The predicted octanol–water partition coefficient (Wildman–Crippen LogP) is 0.0994. The van der Waals surface area contributed by atoms with Gasteiger partial charge in [-0.05, 0) is 12.1 Å². The van der Waals surface area contributed by atoms with E-state index in [0.29, 0.717) is 11.1 Å². The van der Waals surface area contributed by atoms with Crippen LogP contribution in [0.15, 0.2) is 24.3 Å². The highest BCUT2D eigenvalue weighted by Gasteiger charge is 2.20. The van der Waals surface area contributed by atoms with Crippen molar-refractivity contribution in [3.8, 4) is 0 Å². The summed E-state index contributed by atoms with van der Waals surface area (Å²) >= 11 is 0. The summed E-state index contributed by atoms with van der Waals surface area (Å²) in [4.78, 5) is 24.2. The number of carbonyl (C=O) groups excluding carboxylic acids is 2. The Morgan fingerprint density at radius 2 is 1.22 bits per heavy atom. The molecule has 1 aromatic carbocycles. The smallest absolute Gasteiger partial charge is 0.268 e. The van der Waals surface area contributed by atoms with Crippen LogP contribution in [0.2, 0.25) is 0 Å². The zero-order valence-electron chi connectivity index (χ0n) is 11.0. The minimum absolute atomic E-state index is 0.258. The van der Waals surface area contributed by atoms with Crippen LogP contribution in [-0.4, -0.2) is 50.0 Å². The molecule has 0 radical (unpaired) electrons. The maximum atomic E-state index is 12.1. The van der Waals surface area contributed by atoms with Crippen LogP contribution in [0.4, 0.5) is 0 Å². The van der Waals surface area contributed by atoms with E-state index in [1.807, 2.05) is 0 Å². The molecule has 0 aliphatic rings. The Balaban J connectivity index is 3.14. The number of carbonyl (C=O) groups is 2. The molecule has 0 atom stereocenters. The summed E-state index contributed by atoms with van der Waals surface area (Å²) in [5.74, 6) is -0.517. The molecule has 1 rings (SSSR count). The maximum Gasteiger partial charge on any atom is 0.268 e. The van der Waals surface area contributed by atoms with Crippen molar-refractivity contribution in [2.45, 2.75) is 0 Å². The van der Waals surface area contributed by atoms with Gasteiger partial charge in [-0.3, -0.25) is 19.6 Å². The standard InChI is InChI=1S/C12H18N4O2/c1-13-15(3)11(17)9-7-5-6-8-10(9)12(18)16(4)14-2/h5-8,13-14H,1-4H3. The second-order valence-corrected chi connectivity index (χ2v) is 3.72. The molecule has 6 heteroatoms. The number of hydrogen-bond acceptors (Lipinski definition) is 4. The van der Waals surface area contributed by atoms with Gasteiger partial charge in [0, 0.05) is 28.2 Å². The van der Waals surface area contributed by atoms with Gasteiger partial charge in [0.05, 0.1) is 11.1 Å². The topological polar surface area (TPSA) is 64.7 Å². The van der Waals surface area contributed by atoms with E-state index in [1.54, 1.807) is 52.5 Å². The second-order valence-electron chi connectivity index (χ2n) is 3.72. The number of nitrogens with zero attached hydrogens (tertiary/aromatic N) is 2.